The summed E-state index contributed by atoms with van der Waals surface area (Å²) < 4.78 is 53.8. The fourth-order valence-corrected chi connectivity index (χ4v) is 2.81. The third-order valence-corrected chi connectivity index (χ3v) is 3.95. The molecule has 0 aromatic heterocycles. The maximum atomic E-state index is 12.6. The number of piperazine rings is 1. The highest BCUT2D eigenvalue weighted by Crippen LogP contribution is 2.27. The van der Waals surface area contributed by atoms with Gasteiger partial charge in [-0.2, -0.15) is 0 Å². The van der Waals surface area contributed by atoms with E-state index in [9.17, 15) is 22.8 Å². The maximum Gasteiger partial charge on any atom is 0.573 e. The summed E-state index contributed by atoms with van der Waals surface area (Å²) in [5.41, 5.74) is 0.470. The molecule has 7 nitrogen and oxygen atoms in total. The second kappa shape index (κ2) is 8.94. The number of alkyl halides is 3. The molecule has 1 aliphatic rings. The number of carbonyl (C=O) groups excluding carboxylic acids is 2. The molecule has 1 saturated heterocycles. The number of amides is 2. The lowest BCUT2D eigenvalue weighted by molar-refractivity contribution is -0.274. The first-order chi connectivity index (χ1) is 13.1. The van der Waals surface area contributed by atoms with Crippen molar-refractivity contribution in [3.63, 3.8) is 0 Å². The van der Waals surface area contributed by atoms with Gasteiger partial charge in [0.15, 0.2) is 0 Å². The van der Waals surface area contributed by atoms with Crippen LogP contribution in [0.25, 0.3) is 0 Å². The number of carbonyl (C=O) groups is 2. The first-order valence-electron chi connectivity index (χ1n) is 8.77. The fourth-order valence-electron chi connectivity index (χ4n) is 2.81. The van der Waals surface area contributed by atoms with E-state index in [0.717, 1.165) is 0 Å². The Morgan fingerprint density at radius 2 is 2.00 bits per heavy atom. The molecule has 1 atom stereocenters. The monoisotopic (exact) mass is 390 g/mol. The number of anilines is 1. The number of nitrogens with zero attached hydrogens (tertiary/aromatic N) is 2. The summed E-state index contributed by atoms with van der Waals surface area (Å²) in [5, 5.41) is 2.54. The lowest BCUT2D eigenvalue weighted by Crippen LogP contribution is -2.56. The molecule has 1 N–H and O–H groups in total. The number of rotatable bonds is 6. The van der Waals surface area contributed by atoms with Crippen LogP contribution in [0, 0.1) is 0 Å². The van der Waals surface area contributed by atoms with Gasteiger partial charge in [-0.3, -0.25) is 9.59 Å². The van der Waals surface area contributed by atoms with Crippen molar-refractivity contribution in [1.82, 2.24) is 10.2 Å². The SMILES string of the molecule is [2H]c1ccc(N2CCN(C(=O)[C@@H](COC)NC(C)=O)CC2)cc1OC(F)(F)F. The average molecular weight is 390 g/mol. The molecule has 2 amide bonds. The Bertz CT molecular complexity index is 709. The van der Waals surface area contributed by atoms with Gasteiger partial charge in [0, 0.05) is 52.0 Å². The van der Waals surface area contributed by atoms with Crippen LogP contribution >= 0.6 is 0 Å². The van der Waals surface area contributed by atoms with Crippen molar-refractivity contribution in [3.05, 3.63) is 24.2 Å². The summed E-state index contributed by atoms with van der Waals surface area (Å²) in [6, 6.07) is 2.78. The minimum atomic E-state index is -4.88. The summed E-state index contributed by atoms with van der Waals surface area (Å²) in [6.45, 7) is 2.78. The number of hydrogen-bond acceptors (Lipinski definition) is 5. The normalized spacial score (nSPS) is 16.6. The van der Waals surface area contributed by atoms with E-state index in [4.69, 9.17) is 6.11 Å². The molecule has 1 fully saturated rings. The van der Waals surface area contributed by atoms with Crippen LogP contribution in [0.3, 0.4) is 0 Å². The van der Waals surface area contributed by atoms with Crippen molar-refractivity contribution in [2.75, 3.05) is 44.8 Å². The molecule has 1 heterocycles. The van der Waals surface area contributed by atoms with E-state index < -0.39 is 18.2 Å². The molecule has 0 unspecified atom stereocenters. The van der Waals surface area contributed by atoms with Crippen LogP contribution in [-0.4, -0.2) is 69.0 Å². The summed E-state index contributed by atoms with van der Waals surface area (Å²) >= 11 is 0. The molecule has 0 aliphatic carbocycles. The molecule has 0 spiro atoms. The maximum absolute atomic E-state index is 12.6. The zero-order valence-corrected chi connectivity index (χ0v) is 15.0. The molecule has 10 heteroatoms. The molecular formula is C17H22F3N3O4. The standard InChI is InChI=1S/C17H22F3N3O4/c1-12(24)21-15(11-26-2)16(25)23-8-6-22(7-9-23)13-4-3-5-14(10-13)27-17(18,19)20/h3-5,10,15H,6-9,11H2,1-2H3,(H,21,24)/t15-/m1/s1/i5D. The summed E-state index contributed by atoms with van der Waals surface area (Å²) in [4.78, 5) is 27.2. The van der Waals surface area contributed by atoms with Gasteiger partial charge >= 0.3 is 6.36 Å². The number of nitrogens with one attached hydrogen (secondary N) is 1. The molecule has 0 bridgehead atoms. The van der Waals surface area contributed by atoms with E-state index >= 15 is 0 Å². The summed E-state index contributed by atoms with van der Waals surface area (Å²) in [7, 11) is 1.43. The van der Waals surface area contributed by atoms with E-state index in [1.54, 1.807) is 9.80 Å². The predicted molar refractivity (Wildman–Crippen MR) is 91.4 cm³/mol. The minimum Gasteiger partial charge on any atom is -0.406 e. The lowest BCUT2D eigenvalue weighted by atomic mass is 10.2. The zero-order valence-electron chi connectivity index (χ0n) is 16.0. The Balaban J connectivity index is 2.02. The van der Waals surface area contributed by atoms with Crippen LogP contribution in [0.15, 0.2) is 24.2 Å². The largest absolute Gasteiger partial charge is 0.573 e. The van der Waals surface area contributed by atoms with Gasteiger partial charge in [0.05, 0.1) is 7.98 Å². The topological polar surface area (TPSA) is 71.1 Å². The highest BCUT2D eigenvalue weighted by Gasteiger charge is 2.32. The van der Waals surface area contributed by atoms with Crippen molar-refractivity contribution in [2.24, 2.45) is 0 Å². The summed E-state index contributed by atoms with van der Waals surface area (Å²) in [6.07, 6.45) is -4.88. The van der Waals surface area contributed by atoms with Crippen molar-refractivity contribution in [2.45, 2.75) is 19.3 Å². The molecule has 1 aliphatic heterocycles. The van der Waals surface area contributed by atoms with Crippen molar-refractivity contribution in [3.8, 4) is 5.75 Å². The van der Waals surface area contributed by atoms with Gasteiger partial charge in [-0.25, -0.2) is 0 Å². The third-order valence-electron chi connectivity index (χ3n) is 3.95. The molecule has 1 aromatic carbocycles. The number of ether oxygens (including phenoxy) is 2. The van der Waals surface area contributed by atoms with Crippen LogP contribution in [0.2, 0.25) is 0 Å². The molecule has 2 rings (SSSR count). The molecule has 0 saturated carbocycles. The average Bonchev–Trinajstić information content (AvgIpc) is 2.61. The second-order valence-corrected chi connectivity index (χ2v) is 5.98. The van der Waals surface area contributed by atoms with E-state index in [0.29, 0.717) is 31.9 Å². The second-order valence-electron chi connectivity index (χ2n) is 5.98. The quantitative estimate of drug-likeness (QED) is 0.795. The van der Waals surface area contributed by atoms with Gasteiger partial charge in [0.2, 0.25) is 11.8 Å². The Kier molecular flexibility index (Phi) is 6.38. The Morgan fingerprint density at radius 3 is 2.56 bits per heavy atom. The molecular weight excluding hydrogens is 367 g/mol. The van der Waals surface area contributed by atoms with Crippen LogP contribution in [-0.2, 0) is 14.3 Å². The molecule has 0 radical (unpaired) electrons. The van der Waals surface area contributed by atoms with Crippen LogP contribution in [0.5, 0.6) is 5.75 Å². The zero-order chi connectivity index (χ0) is 20.9. The Labute approximate surface area is 156 Å². The smallest absolute Gasteiger partial charge is 0.406 e. The molecule has 1 aromatic rings. The lowest BCUT2D eigenvalue weighted by Gasteiger charge is -2.37. The predicted octanol–water partition coefficient (Wildman–Crippen LogP) is 1.38. The van der Waals surface area contributed by atoms with Gasteiger partial charge in [-0.1, -0.05) is 6.07 Å². The van der Waals surface area contributed by atoms with Gasteiger partial charge in [0.1, 0.15) is 11.8 Å². The van der Waals surface area contributed by atoms with Crippen LogP contribution < -0.4 is 15.0 Å². The fraction of sp³-hybridized carbons (Fsp3) is 0.529. The van der Waals surface area contributed by atoms with Crippen LogP contribution in [0.1, 0.15) is 8.29 Å². The van der Waals surface area contributed by atoms with Crippen LogP contribution in [0.4, 0.5) is 18.9 Å². The third kappa shape index (κ3) is 6.31. The van der Waals surface area contributed by atoms with Crippen molar-refractivity contribution in [1.29, 1.82) is 0 Å². The molecule has 150 valence electrons. The van der Waals surface area contributed by atoms with Gasteiger partial charge < -0.3 is 24.6 Å². The van der Waals surface area contributed by atoms with Gasteiger partial charge in [0.25, 0.3) is 0 Å². The van der Waals surface area contributed by atoms with Gasteiger partial charge in [-0.15, -0.1) is 13.2 Å². The van der Waals surface area contributed by atoms with Gasteiger partial charge in [-0.05, 0) is 12.1 Å². The molecule has 27 heavy (non-hydrogen) atoms. The highest BCUT2D eigenvalue weighted by molar-refractivity contribution is 5.87. The highest BCUT2D eigenvalue weighted by atomic mass is 19.4. The number of benzene rings is 1. The van der Waals surface area contributed by atoms with E-state index in [1.807, 2.05) is 0 Å². The van der Waals surface area contributed by atoms with Crippen molar-refractivity contribution < 1.29 is 33.6 Å². The Morgan fingerprint density at radius 1 is 1.33 bits per heavy atom. The van der Waals surface area contributed by atoms with E-state index in [-0.39, 0.29) is 24.5 Å². The number of hydrogen-bond donors (Lipinski definition) is 1. The van der Waals surface area contributed by atoms with E-state index in [1.165, 1.54) is 32.2 Å². The van der Waals surface area contributed by atoms with Crippen molar-refractivity contribution >= 4 is 17.5 Å². The first kappa shape index (κ1) is 19.3. The summed E-state index contributed by atoms with van der Waals surface area (Å²) in [5.74, 6) is -1.20. The first-order valence-corrected chi connectivity index (χ1v) is 8.27. The Hall–Kier alpha value is -2.49. The minimum absolute atomic E-state index is 0.0434. The number of methoxy groups -OCH3 is 1. The van der Waals surface area contributed by atoms with E-state index in [2.05, 4.69) is 10.1 Å². The number of halogens is 3.